The standard InChI is InChI=1S/C15H22F3N/c1-10(2)19-9-15(3,4)6-5-12-13(17)7-11(16)8-14(12)18/h7-8,10,19H,5-6,9H2,1-4H3. The van der Waals surface area contributed by atoms with Gasteiger partial charge in [-0.1, -0.05) is 27.7 Å². The molecule has 0 aliphatic heterocycles. The third-order valence-corrected chi connectivity index (χ3v) is 3.15. The van der Waals surface area contributed by atoms with E-state index in [4.69, 9.17) is 0 Å². The van der Waals surface area contributed by atoms with E-state index in [0.717, 1.165) is 18.7 Å². The van der Waals surface area contributed by atoms with Crippen molar-refractivity contribution in [2.45, 2.75) is 46.6 Å². The molecule has 0 aliphatic rings. The molecule has 4 heteroatoms. The summed E-state index contributed by atoms with van der Waals surface area (Å²) in [6.45, 7) is 8.96. The maximum atomic E-state index is 13.5. The molecule has 0 heterocycles. The molecule has 0 saturated carbocycles. The molecule has 0 saturated heterocycles. The summed E-state index contributed by atoms with van der Waals surface area (Å²) in [6.07, 6.45) is 0.900. The first kappa shape index (κ1) is 16.0. The van der Waals surface area contributed by atoms with Gasteiger partial charge in [0.05, 0.1) is 0 Å². The molecule has 1 nitrogen and oxygen atoms in total. The quantitative estimate of drug-likeness (QED) is 0.824. The molecular weight excluding hydrogens is 251 g/mol. The highest BCUT2D eigenvalue weighted by Crippen LogP contribution is 2.25. The van der Waals surface area contributed by atoms with Crippen molar-refractivity contribution in [1.82, 2.24) is 5.32 Å². The molecule has 0 fully saturated rings. The molecule has 1 aromatic carbocycles. The summed E-state index contributed by atoms with van der Waals surface area (Å²) in [4.78, 5) is 0. The average molecular weight is 273 g/mol. The van der Waals surface area contributed by atoms with Crippen LogP contribution in [0.3, 0.4) is 0 Å². The van der Waals surface area contributed by atoms with Crippen molar-refractivity contribution in [2.75, 3.05) is 6.54 Å². The van der Waals surface area contributed by atoms with E-state index in [-0.39, 0.29) is 17.4 Å². The molecule has 0 amide bonds. The number of nitrogens with one attached hydrogen (secondary N) is 1. The number of halogens is 3. The van der Waals surface area contributed by atoms with E-state index in [0.29, 0.717) is 12.5 Å². The van der Waals surface area contributed by atoms with Gasteiger partial charge in [-0.2, -0.15) is 0 Å². The second kappa shape index (κ2) is 6.42. The Morgan fingerprint density at radius 2 is 1.63 bits per heavy atom. The van der Waals surface area contributed by atoms with Crippen molar-refractivity contribution in [1.29, 1.82) is 0 Å². The van der Waals surface area contributed by atoms with E-state index in [1.807, 2.05) is 13.8 Å². The van der Waals surface area contributed by atoms with Crippen LogP contribution < -0.4 is 5.32 Å². The molecule has 0 bridgehead atoms. The van der Waals surface area contributed by atoms with Crippen LogP contribution in [0.4, 0.5) is 13.2 Å². The fourth-order valence-electron chi connectivity index (χ4n) is 1.84. The van der Waals surface area contributed by atoms with Crippen molar-refractivity contribution in [3.05, 3.63) is 35.1 Å². The van der Waals surface area contributed by atoms with Crippen LogP contribution in [0.15, 0.2) is 12.1 Å². The number of benzene rings is 1. The van der Waals surface area contributed by atoms with Crippen LogP contribution in [0.2, 0.25) is 0 Å². The lowest BCUT2D eigenvalue weighted by molar-refractivity contribution is 0.301. The lowest BCUT2D eigenvalue weighted by atomic mass is 9.86. The summed E-state index contributed by atoms with van der Waals surface area (Å²) >= 11 is 0. The summed E-state index contributed by atoms with van der Waals surface area (Å²) in [5.41, 5.74) is -0.101. The highest BCUT2D eigenvalue weighted by atomic mass is 19.1. The predicted molar refractivity (Wildman–Crippen MR) is 71.6 cm³/mol. The first-order valence-corrected chi connectivity index (χ1v) is 6.58. The molecule has 0 atom stereocenters. The average Bonchev–Trinajstić information content (AvgIpc) is 2.25. The van der Waals surface area contributed by atoms with Crippen LogP contribution in [0.1, 0.15) is 39.7 Å². The summed E-state index contributed by atoms with van der Waals surface area (Å²) in [6, 6.07) is 1.84. The van der Waals surface area contributed by atoms with E-state index in [1.165, 1.54) is 0 Å². The zero-order valence-electron chi connectivity index (χ0n) is 12.0. The summed E-state index contributed by atoms with van der Waals surface area (Å²) in [5.74, 6) is -2.48. The molecule has 0 radical (unpaired) electrons. The van der Waals surface area contributed by atoms with Crippen molar-refractivity contribution in [3.63, 3.8) is 0 Å². The number of hydrogen-bond acceptors (Lipinski definition) is 1. The number of rotatable bonds is 6. The zero-order chi connectivity index (χ0) is 14.6. The Morgan fingerprint density at radius 1 is 1.11 bits per heavy atom. The minimum atomic E-state index is -0.875. The fourth-order valence-corrected chi connectivity index (χ4v) is 1.84. The van der Waals surface area contributed by atoms with Gasteiger partial charge in [0.25, 0.3) is 0 Å². The van der Waals surface area contributed by atoms with Crippen LogP contribution in [0.5, 0.6) is 0 Å². The van der Waals surface area contributed by atoms with E-state index in [9.17, 15) is 13.2 Å². The SMILES string of the molecule is CC(C)NCC(C)(C)CCc1c(F)cc(F)cc1F. The minimum absolute atomic E-state index is 0.0287. The predicted octanol–water partition coefficient (Wildman–Crippen LogP) is 4.06. The highest BCUT2D eigenvalue weighted by Gasteiger charge is 2.20. The Balaban J connectivity index is 2.66. The summed E-state index contributed by atoms with van der Waals surface area (Å²) in [7, 11) is 0. The van der Waals surface area contributed by atoms with Crippen molar-refractivity contribution in [3.8, 4) is 0 Å². The second-order valence-electron chi connectivity index (χ2n) is 6.05. The van der Waals surface area contributed by atoms with Gasteiger partial charge in [0, 0.05) is 30.3 Å². The normalized spacial score (nSPS) is 12.2. The Kier molecular flexibility index (Phi) is 5.41. The van der Waals surface area contributed by atoms with Crippen molar-refractivity contribution in [2.24, 2.45) is 5.41 Å². The van der Waals surface area contributed by atoms with E-state index in [2.05, 4.69) is 19.2 Å². The van der Waals surface area contributed by atoms with Crippen LogP contribution in [0, 0.1) is 22.9 Å². The Labute approximate surface area is 113 Å². The van der Waals surface area contributed by atoms with Gasteiger partial charge >= 0.3 is 0 Å². The van der Waals surface area contributed by atoms with Gasteiger partial charge in [-0.3, -0.25) is 0 Å². The molecule has 0 spiro atoms. The van der Waals surface area contributed by atoms with Crippen LogP contribution >= 0.6 is 0 Å². The monoisotopic (exact) mass is 273 g/mol. The van der Waals surface area contributed by atoms with E-state index >= 15 is 0 Å². The molecule has 19 heavy (non-hydrogen) atoms. The molecule has 1 aromatic rings. The van der Waals surface area contributed by atoms with E-state index in [1.54, 1.807) is 0 Å². The Morgan fingerprint density at radius 3 is 2.11 bits per heavy atom. The molecular formula is C15H22F3N. The lowest BCUT2D eigenvalue weighted by Crippen LogP contribution is -2.34. The van der Waals surface area contributed by atoms with Gasteiger partial charge in [0.1, 0.15) is 17.5 Å². The van der Waals surface area contributed by atoms with Crippen LogP contribution in [-0.4, -0.2) is 12.6 Å². The van der Waals surface area contributed by atoms with E-state index < -0.39 is 17.5 Å². The molecule has 108 valence electrons. The minimum Gasteiger partial charge on any atom is -0.314 e. The Hall–Kier alpha value is -1.03. The lowest BCUT2D eigenvalue weighted by Gasteiger charge is -2.26. The molecule has 1 rings (SSSR count). The van der Waals surface area contributed by atoms with Crippen molar-refractivity contribution >= 4 is 0 Å². The van der Waals surface area contributed by atoms with Gasteiger partial charge in [0.15, 0.2) is 0 Å². The maximum Gasteiger partial charge on any atom is 0.132 e. The summed E-state index contributed by atoms with van der Waals surface area (Å²) < 4.78 is 39.8. The highest BCUT2D eigenvalue weighted by molar-refractivity contribution is 5.21. The Bertz CT molecular complexity index is 404. The topological polar surface area (TPSA) is 12.0 Å². The molecule has 0 unspecified atom stereocenters. The molecule has 1 N–H and O–H groups in total. The van der Waals surface area contributed by atoms with Crippen LogP contribution in [0.25, 0.3) is 0 Å². The summed E-state index contributed by atoms with van der Waals surface area (Å²) in [5, 5.41) is 3.31. The second-order valence-corrected chi connectivity index (χ2v) is 6.05. The van der Waals surface area contributed by atoms with Gasteiger partial charge in [-0.05, 0) is 18.3 Å². The molecule has 0 aromatic heterocycles. The smallest absolute Gasteiger partial charge is 0.132 e. The molecule has 0 aliphatic carbocycles. The third kappa shape index (κ3) is 5.23. The first-order chi connectivity index (χ1) is 8.71. The van der Waals surface area contributed by atoms with Crippen molar-refractivity contribution < 1.29 is 13.2 Å². The number of hydrogen-bond donors (Lipinski definition) is 1. The van der Waals surface area contributed by atoms with Gasteiger partial charge in [0.2, 0.25) is 0 Å². The fraction of sp³-hybridized carbons (Fsp3) is 0.600. The van der Waals surface area contributed by atoms with Crippen LogP contribution in [-0.2, 0) is 6.42 Å². The maximum absolute atomic E-state index is 13.5. The first-order valence-electron chi connectivity index (χ1n) is 6.58. The zero-order valence-corrected chi connectivity index (χ0v) is 12.0. The largest absolute Gasteiger partial charge is 0.314 e. The van der Waals surface area contributed by atoms with Gasteiger partial charge < -0.3 is 5.32 Å². The third-order valence-electron chi connectivity index (χ3n) is 3.15. The van der Waals surface area contributed by atoms with Gasteiger partial charge in [-0.25, -0.2) is 13.2 Å². The van der Waals surface area contributed by atoms with Gasteiger partial charge in [-0.15, -0.1) is 0 Å².